The van der Waals surface area contributed by atoms with E-state index in [9.17, 15) is 0 Å². The summed E-state index contributed by atoms with van der Waals surface area (Å²) in [5.74, 6) is 0.745. The van der Waals surface area contributed by atoms with Crippen molar-refractivity contribution in [2.45, 2.75) is 39.0 Å². The highest BCUT2D eigenvalue weighted by Crippen LogP contribution is 2.35. The predicted octanol–water partition coefficient (Wildman–Crippen LogP) is 1.56. The van der Waals surface area contributed by atoms with Crippen molar-refractivity contribution in [3.63, 3.8) is 0 Å². The molecule has 12 heavy (non-hydrogen) atoms. The van der Waals surface area contributed by atoms with Crippen molar-refractivity contribution in [1.82, 2.24) is 0 Å². The molecule has 1 aliphatic rings. The van der Waals surface area contributed by atoms with Gasteiger partial charge in [-0.1, -0.05) is 32.6 Å². The molecule has 2 nitrogen and oxygen atoms in total. The third-order valence-corrected chi connectivity index (χ3v) is 3.02. The molecule has 0 atom stereocenters. The molecule has 0 heterocycles. The van der Waals surface area contributed by atoms with E-state index in [-0.39, 0.29) is 18.6 Å². The molecule has 0 aromatic carbocycles. The Hall–Kier alpha value is -0.0800. The van der Waals surface area contributed by atoms with Gasteiger partial charge >= 0.3 is 0 Å². The Bertz CT molecular complexity index is 124. The van der Waals surface area contributed by atoms with Crippen molar-refractivity contribution < 1.29 is 10.2 Å². The highest BCUT2D eigenvalue weighted by atomic mass is 16.3. The van der Waals surface area contributed by atoms with Crippen LogP contribution in [-0.4, -0.2) is 23.4 Å². The molecule has 0 aromatic heterocycles. The Labute approximate surface area is 74.6 Å². The van der Waals surface area contributed by atoms with E-state index < -0.39 is 0 Å². The quantitative estimate of drug-likeness (QED) is 0.675. The summed E-state index contributed by atoms with van der Waals surface area (Å²) in [6.07, 6.45) is 6.22. The minimum Gasteiger partial charge on any atom is -0.396 e. The average Bonchev–Trinajstić information content (AvgIpc) is 2.57. The van der Waals surface area contributed by atoms with Gasteiger partial charge in [0.15, 0.2) is 0 Å². The zero-order valence-electron chi connectivity index (χ0n) is 7.92. The zero-order chi connectivity index (χ0) is 9.03. The molecule has 72 valence electrons. The lowest BCUT2D eigenvalue weighted by Gasteiger charge is -2.27. The first-order chi connectivity index (χ1) is 5.70. The van der Waals surface area contributed by atoms with Crippen LogP contribution in [0.15, 0.2) is 0 Å². The second-order valence-electron chi connectivity index (χ2n) is 4.48. The number of aliphatic hydroxyl groups excluding tert-OH is 2. The van der Waals surface area contributed by atoms with E-state index in [1.807, 2.05) is 6.92 Å². The van der Waals surface area contributed by atoms with Crippen LogP contribution >= 0.6 is 0 Å². The first kappa shape index (κ1) is 10.0. The summed E-state index contributed by atoms with van der Waals surface area (Å²) in [5.41, 5.74) is -0.241. The van der Waals surface area contributed by atoms with Crippen LogP contribution in [0.25, 0.3) is 0 Å². The van der Waals surface area contributed by atoms with Crippen molar-refractivity contribution in [2.75, 3.05) is 13.2 Å². The first-order valence-corrected chi connectivity index (χ1v) is 4.92. The standard InChI is InChI=1S/C10H20O2/c1-10(7-11,8-12)6-9-4-2-3-5-9/h9,11-12H,2-8H2,1H3. The first-order valence-electron chi connectivity index (χ1n) is 4.92. The summed E-state index contributed by atoms with van der Waals surface area (Å²) in [4.78, 5) is 0. The maximum Gasteiger partial charge on any atom is 0.0506 e. The normalized spacial score (nSPS) is 20.2. The van der Waals surface area contributed by atoms with Gasteiger partial charge in [0.05, 0.1) is 13.2 Å². The Balaban J connectivity index is 2.35. The monoisotopic (exact) mass is 172 g/mol. The van der Waals surface area contributed by atoms with E-state index in [0.717, 1.165) is 12.3 Å². The average molecular weight is 172 g/mol. The number of rotatable bonds is 4. The van der Waals surface area contributed by atoms with E-state index >= 15 is 0 Å². The van der Waals surface area contributed by atoms with Gasteiger partial charge in [-0.15, -0.1) is 0 Å². The Morgan fingerprint density at radius 3 is 2.08 bits per heavy atom. The summed E-state index contributed by atoms with van der Waals surface area (Å²) in [6, 6.07) is 0. The summed E-state index contributed by atoms with van der Waals surface area (Å²) in [7, 11) is 0. The molecule has 0 aromatic rings. The van der Waals surface area contributed by atoms with Crippen molar-refractivity contribution in [3.8, 4) is 0 Å². The van der Waals surface area contributed by atoms with Crippen LogP contribution in [0, 0.1) is 11.3 Å². The Morgan fingerprint density at radius 2 is 1.67 bits per heavy atom. The van der Waals surface area contributed by atoms with Crippen LogP contribution in [0.5, 0.6) is 0 Å². The third kappa shape index (κ3) is 2.46. The maximum absolute atomic E-state index is 9.09. The SMILES string of the molecule is CC(CO)(CO)CC1CCCC1. The molecule has 0 saturated heterocycles. The molecule has 2 heteroatoms. The molecule has 0 radical (unpaired) electrons. The number of aliphatic hydroxyl groups is 2. The smallest absolute Gasteiger partial charge is 0.0506 e. The predicted molar refractivity (Wildman–Crippen MR) is 48.9 cm³/mol. The second-order valence-corrected chi connectivity index (χ2v) is 4.48. The molecule has 1 rings (SSSR count). The number of hydrogen-bond donors (Lipinski definition) is 2. The minimum absolute atomic E-state index is 0.111. The van der Waals surface area contributed by atoms with Gasteiger partial charge in [-0.3, -0.25) is 0 Å². The van der Waals surface area contributed by atoms with Gasteiger partial charge in [-0.2, -0.15) is 0 Å². The fourth-order valence-corrected chi connectivity index (χ4v) is 2.09. The lowest BCUT2D eigenvalue weighted by molar-refractivity contribution is 0.0490. The third-order valence-electron chi connectivity index (χ3n) is 3.02. The summed E-state index contributed by atoms with van der Waals surface area (Å²) in [6.45, 7) is 2.19. The lowest BCUT2D eigenvalue weighted by Crippen LogP contribution is -2.28. The minimum atomic E-state index is -0.241. The van der Waals surface area contributed by atoms with Crippen LogP contribution < -0.4 is 0 Å². The Kier molecular flexibility index (Phi) is 3.53. The molecule has 1 aliphatic carbocycles. The van der Waals surface area contributed by atoms with E-state index in [1.165, 1.54) is 25.7 Å². The van der Waals surface area contributed by atoms with Crippen molar-refractivity contribution >= 4 is 0 Å². The Morgan fingerprint density at radius 1 is 1.17 bits per heavy atom. The van der Waals surface area contributed by atoms with Crippen LogP contribution in [0.3, 0.4) is 0 Å². The van der Waals surface area contributed by atoms with Gasteiger partial charge in [0.1, 0.15) is 0 Å². The van der Waals surface area contributed by atoms with Gasteiger partial charge < -0.3 is 10.2 Å². The molecule has 1 fully saturated rings. The van der Waals surface area contributed by atoms with Crippen LogP contribution in [-0.2, 0) is 0 Å². The van der Waals surface area contributed by atoms with Gasteiger partial charge in [-0.25, -0.2) is 0 Å². The van der Waals surface area contributed by atoms with Crippen LogP contribution in [0.2, 0.25) is 0 Å². The molecule has 2 N–H and O–H groups in total. The molecular weight excluding hydrogens is 152 g/mol. The summed E-state index contributed by atoms with van der Waals surface area (Å²) < 4.78 is 0. The van der Waals surface area contributed by atoms with E-state index in [4.69, 9.17) is 10.2 Å². The maximum atomic E-state index is 9.09. The van der Waals surface area contributed by atoms with Gasteiger partial charge in [-0.05, 0) is 12.3 Å². The van der Waals surface area contributed by atoms with Gasteiger partial charge in [0, 0.05) is 5.41 Å². The molecule has 0 unspecified atom stereocenters. The second kappa shape index (κ2) is 4.24. The fraction of sp³-hybridized carbons (Fsp3) is 1.00. The van der Waals surface area contributed by atoms with Gasteiger partial charge in [0.2, 0.25) is 0 Å². The topological polar surface area (TPSA) is 40.5 Å². The molecule has 1 saturated carbocycles. The molecule has 0 aliphatic heterocycles. The zero-order valence-corrected chi connectivity index (χ0v) is 7.92. The molecule has 0 bridgehead atoms. The number of hydrogen-bond acceptors (Lipinski definition) is 2. The van der Waals surface area contributed by atoms with E-state index in [2.05, 4.69) is 0 Å². The lowest BCUT2D eigenvalue weighted by atomic mass is 9.82. The molecule has 0 spiro atoms. The van der Waals surface area contributed by atoms with E-state index in [1.54, 1.807) is 0 Å². The van der Waals surface area contributed by atoms with Crippen molar-refractivity contribution in [3.05, 3.63) is 0 Å². The highest BCUT2D eigenvalue weighted by molar-refractivity contribution is 4.79. The van der Waals surface area contributed by atoms with Crippen LogP contribution in [0.1, 0.15) is 39.0 Å². The molecular formula is C10H20O2. The fourth-order valence-electron chi connectivity index (χ4n) is 2.09. The summed E-state index contributed by atoms with van der Waals surface area (Å²) >= 11 is 0. The van der Waals surface area contributed by atoms with Gasteiger partial charge in [0.25, 0.3) is 0 Å². The van der Waals surface area contributed by atoms with E-state index in [0.29, 0.717) is 0 Å². The summed E-state index contributed by atoms with van der Waals surface area (Å²) in [5, 5.41) is 18.2. The van der Waals surface area contributed by atoms with Crippen molar-refractivity contribution in [2.24, 2.45) is 11.3 Å². The largest absolute Gasteiger partial charge is 0.396 e. The van der Waals surface area contributed by atoms with Crippen LogP contribution in [0.4, 0.5) is 0 Å². The van der Waals surface area contributed by atoms with Crippen molar-refractivity contribution in [1.29, 1.82) is 0 Å². The molecule has 0 amide bonds. The highest BCUT2D eigenvalue weighted by Gasteiger charge is 2.28.